The second-order valence-corrected chi connectivity index (χ2v) is 9.56. The first-order chi connectivity index (χ1) is 16.6. The van der Waals surface area contributed by atoms with E-state index >= 15 is 0 Å². The fraction of sp³-hybridized carbons (Fsp3) is 0.300. The van der Waals surface area contributed by atoms with Crippen LogP contribution in [0.3, 0.4) is 0 Å². The largest absolute Gasteiger partial charge is 0.497 e. The lowest BCUT2D eigenvalue weighted by atomic mass is 9.81. The van der Waals surface area contributed by atoms with Crippen LogP contribution >= 0.6 is 0 Å². The molecule has 0 unspecified atom stereocenters. The molecule has 3 aromatic rings. The van der Waals surface area contributed by atoms with Crippen molar-refractivity contribution in [1.29, 1.82) is 0 Å². The molecule has 0 heterocycles. The number of hydrogen-bond acceptors (Lipinski definition) is 3. The fourth-order valence-electron chi connectivity index (χ4n) is 4.09. The summed E-state index contributed by atoms with van der Waals surface area (Å²) in [6.45, 7) is 8.51. The Morgan fingerprint density at radius 3 is 2.29 bits per heavy atom. The first kappa shape index (κ1) is 26.0. The highest BCUT2D eigenvalue weighted by Gasteiger charge is 2.21. The predicted molar refractivity (Wildman–Crippen MR) is 138 cm³/mol. The second-order valence-electron chi connectivity index (χ2n) is 9.56. The minimum absolute atomic E-state index is 0.0360. The summed E-state index contributed by atoms with van der Waals surface area (Å²) in [5, 5.41) is 9.17. The van der Waals surface area contributed by atoms with Gasteiger partial charge in [-0.2, -0.15) is 0 Å². The third kappa shape index (κ3) is 6.72. The van der Waals surface area contributed by atoms with E-state index in [0.717, 1.165) is 22.3 Å². The summed E-state index contributed by atoms with van der Waals surface area (Å²) in [6.07, 6.45) is 3.79. The third-order valence-electron chi connectivity index (χ3n) is 5.89. The highest BCUT2D eigenvalue weighted by molar-refractivity contribution is 5.71. The summed E-state index contributed by atoms with van der Waals surface area (Å²) in [6, 6.07) is 18.3. The SMILES string of the molecule is C/C=C/[C@@H](CC(=O)O)c1ccc(OCc2ccc(C(C)(C)C)c(-c3cc(OC)ccc3F)c2)cc1. The zero-order valence-electron chi connectivity index (χ0n) is 21.0. The van der Waals surface area contributed by atoms with E-state index in [1.165, 1.54) is 6.07 Å². The zero-order chi connectivity index (χ0) is 25.6. The van der Waals surface area contributed by atoms with Gasteiger partial charge in [0.15, 0.2) is 0 Å². The first-order valence-corrected chi connectivity index (χ1v) is 11.7. The molecule has 3 rings (SSSR count). The van der Waals surface area contributed by atoms with Gasteiger partial charge in [-0.3, -0.25) is 4.79 Å². The molecule has 4 nitrogen and oxygen atoms in total. The van der Waals surface area contributed by atoms with Crippen LogP contribution in [-0.2, 0) is 16.8 Å². The van der Waals surface area contributed by atoms with Crippen LogP contribution < -0.4 is 9.47 Å². The lowest BCUT2D eigenvalue weighted by Gasteiger charge is -2.24. The summed E-state index contributed by atoms with van der Waals surface area (Å²) >= 11 is 0. The van der Waals surface area contributed by atoms with Crippen molar-refractivity contribution in [2.75, 3.05) is 7.11 Å². The average molecular weight is 477 g/mol. The van der Waals surface area contributed by atoms with Crippen LogP contribution in [-0.4, -0.2) is 18.2 Å². The molecule has 35 heavy (non-hydrogen) atoms. The van der Waals surface area contributed by atoms with Crippen molar-refractivity contribution in [1.82, 2.24) is 0 Å². The number of rotatable bonds is 9. The van der Waals surface area contributed by atoms with Gasteiger partial charge >= 0.3 is 5.97 Å². The highest BCUT2D eigenvalue weighted by atomic mass is 19.1. The van der Waals surface area contributed by atoms with E-state index in [4.69, 9.17) is 14.6 Å². The Hall–Kier alpha value is -3.60. The van der Waals surface area contributed by atoms with Crippen molar-refractivity contribution in [3.8, 4) is 22.6 Å². The Kier molecular flexibility index (Phi) is 8.34. The molecule has 1 atom stereocenters. The van der Waals surface area contributed by atoms with Gasteiger partial charge < -0.3 is 14.6 Å². The van der Waals surface area contributed by atoms with Crippen molar-refractivity contribution >= 4 is 5.97 Å². The molecule has 0 saturated heterocycles. The molecule has 1 N–H and O–H groups in total. The van der Waals surface area contributed by atoms with Crippen LogP contribution in [0.4, 0.5) is 4.39 Å². The monoisotopic (exact) mass is 476 g/mol. The molecule has 184 valence electrons. The van der Waals surface area contributed by atoms with E-state index < -0.39 is 5.97 Å². The van der Waals surface area contributed by atoms with Gasteiger partial charge in [-0.05, 0) is 71.0 Å². The molecule has 0 bridgehead atoms. The Labute approximate surface area is 207 Å². The van der Waals surface area contributed by atoms with Crippen molar-refractivity contribution in [2.24, 2.45) is 0 Å². The van der Waals surface area contributed by atoms with Crippen LogP contribution in [0, 0.1) is 5.82 Å². The normalized spacial score (nSPS) is 12.5. The van der Waals surface area contributed by atoms with E-state index in [2.05, 4.69) is 20.8 Å². The maximum atomic E-state index is 14.9. The fourth-order valence-corrected chi connectivity index (χ4v) is 4.09. The summed E-state index contributed by atoms with van der Waals surface area (Å²) in [7, 11) is 1.57. The number of aliphatic carboxylic acids is 1. The summed E-state index contributed by atoms with van der Waals surface area (Å²) < 4.78 is 26.2. The van der Waals surface area contributed by atoms with Gasteiger partial charge in [-0.15, -0.1) is 0 Å². The van der Waals surface area contributed by atoms with E-state index in [9.17, 15) is 9.18 Å². The Bertz CT molecular complexity index is 1190. The number of ether oxygens (including phenoxy) is 2. The number of carbonyl (C=O) groups is 1. The molecule has 0 aliphatic carbocycles. The molecule has 0 saturated carbocycles. The number of benzene rings is 3. The predicted octanol–water partition coefficient (Wildman–Crippen LogP) is 7.51. The molecule has 0 aliphatic rings. The molecule has 0 amide bonds. The zero-order valence-corrected chi connectivity index (χ0v) is 21.0. The molecule has 0 spiro atoms. The summed E-state index contributed by atoms with van der Waals surface area (Å²) in [4.78, 5) is 11.2. The molecule has 5 heteroatoms. The quantitative estimate of drug-likeness (QED) is 0.325. The van der Waals surface area contributed by atoms with Crippen molar-refractivity contribution in [3.63, 3.8) is 0 Å². The van der Waals surface area contributed by atoms with E-state index in [0.29, 0.717) is 23.7 Å². The van der Waals surface area contributed by atoms with Crippen molar-refractivity contribution in [2.45, 2.75) is 52.1 Å². The average Bonchev–Trinajstić information content (AvgIpc) is 2.82. The molecular formula is C30H33FO4. The number of halogens is 1. The smallest absolute Gasteiger partial charge is 0.304 e. The lowest BCUT2D eigenvalue weighted by molar-refractivity contribution is -0.137. The Morgan fingerprint density at radius 1 is 1.00 bits per heavy atom. The molecular weight excluding hydrogens is 443 g/mol. The molecule has 0 fully saturated rings. The third-order valence-corrected chi connectivity index (χ3v) is 5.89. The van der Waals surface area contributed by atoms with Gasteiger partial charge in [0.2, 0.25) is 0 Å². The minimum Gasteiger partial charge on any atom is -0.497 e. The molecule has 0 aromatic heterocycles. The van der Waals surface area contributed by atoms with E-state index in [1.807, 2.05) is 61.5 Å². The van der Waals surface area contributed by atoms with Crippen LogP contribution in [0.1, 0.15) is 56.7 Å². The van der Waals surface area contributed by atoms with Gasteiger partial charge in [0, 0.05) is 11.5 Å². The number of carboxylic acid groups (broad SMARTS) is 1. The van der Waals surface area contributed by atoms with Crippen molar-refractivity contribution < 1.29 is 23.8 Å². The van der Waals surface area contributed by atoms with Crippen LogP contribution in [0.25, 0.3) is 11.1 Å². The Morgan fingerprint density at radius 2 is 1.69 bits per heavy atom. The lowest BCUT2D eigenvalue weighted by Crippen LogP contribution is -2.13. The Balaban J connectivity index is 1.85. The minimum atomic E-state index is -0.838. The van der Waals surface area contributed by atoms with Gasteiger partial charge in [0.25, 0.3) is 0 Å². The van der Waals surface area contributed by atoms with Gasteiger partial charge in [0.1, 0.15) is 23.9 Å². The van der Waals surface area contributed by atoms with Gasteiger partial charge in [-0.25, -0.2) is 4.39 Å². The first-order valence-electron chi connectivity index (χ1n) is 11.7. The maximum Gasteiger partial charge on any atom is 0.304 e. The van der Waals surface area contributed by atoms with Crippen LogP contribution in [0.15, 0.2) is 72.8 Å². The maximum absolute atomic E-state index is 14.9. The number of carboxylic acids is 1. The number of hydrogen-bond donors (Lipinski definition) is 1. The van der Waals surface area contributed by atoms with E-state index in [1.54, 1.807) is 19.2 Å². The van der Waals surface area contributed by atoms with Gasteiger partial charge in [-0.1, -0.05) is 57.2 Å². The molecule has 3 aromatic carbocycles. The standard InChI is InChI=1S/C30H33FO4/c1-6-7-22(17-29(32)33)21-9-11-23(12-10-21)35-19-20-8-14-27(30(2,3)4)25(16-20)26-18-24(34-5)13-15-28(26)31/h6-16,18,22H,17,19H2,1-5H3,(H,32,33)/b7-6+/t22-/m0/s1. The number of allylic oxidation sites excluding steroid dienone is 2. The van der Waals surface area contributed by atoms with Crippen molar-refractivity contribution in [3.05, 3.63) is 95.3 Å². The van der Waals surface area contributed by atoms with Crippen LogP contribution in [0.2, 0.25) is 0 Å². The van der Waals surface area contributed by atoms with Gasteiger partial charge in [0.05, 0.1) is 13.5 Å². The summed E-state index contributed by atoms with van der Waals surface area (Å²) in [5.74, 6) is -0.0475. The topological polar surface area (TPSA) is 55.8 Å². The second kappa shape index (κ2) is 11.2. The summed E-state index contributed by atoms with van der Waals surface area (Å²) in [5.41, 5.74) is 3.99. The van der Waals surface area contributed by atoms with Crippen LogP contribution in [0.5, 0.6) is 11.5 Å². The number of methoxy groups -OCH3 is 1. The highest BCUT2D eigenvalue weighted by Crippen LogP contribution is 2.37. The molecule has 0 radical (unpaired) electrons. The van der Waals surface area contributed by atoms with E-state index in [-0.39, 0.29) is 23.6 Å². The molecule has 0 aliphatic heterocycles.